The molecule has 0 N–H and O–H groups in total. The van der Waals surface area contributed by atoms with E-state index in [4.69, 9.17) is 27.9 Å². The second-order valence-electron chi connectivity index (χ2n) is 6.68. The van der Waals surface area contributed by atoms with Crippen LogP contribution in [0.5, 0.6) is 5.75 Å². The summed E-state index contributed by atoms with van der Waals surface area (Å²) in [4.78, 5) is 29.0. The summed E-state index contributed by atoms with van der Waals surface area (Å²) in [5.41, 5.74) is 1.33. The molecule has 5 nitrogen and oxygen atoms in total. The molecule has 3 rings (SSSR count). The van der Waals surface area contributed by atoms with Crippen LogP contribution in [0, 0.1) is 0 Å². The van der Waals surface area contributed by atoms with Crippen LogP contribution >= 0.6 is 23.2 Å². The van der Waals surface area contributed by atoms with Crippen LogP contribution in [0.2, 0.25) is 10.0 Å². The molecule has 0 saturated carbocycles. The topological polar surface area (TPSA) is 49.9 Å². The van der Waals surface area contributed by atoms with Crippen LogP contribution in [-0.4, -0.2) is 54.9 Å². The summed E-state index contributed by atoms with van der Waals surface area (Å²) in [5.74, 6) is 0.664. The van der Waals surface area contributed by atoms with Crippen molar-refractivity contribution in [3.63, 3.8) is 0 Å². The Morgan fingerprint density at radius 1 is 0.964 bits per heavy atom. The van der Waals surface area contributed by atoms with Crippen LogP contribution < -0.4 is 4.74 Å². The van der Waals surface area contributed by atoms with Gasteiger partial charge in [0.1, 0.15) is 5.75 Å². The lowest BCUT2D eigenvalue weighted by molar-refractivity contribution is -0.130. The summed E-state index contributed by atoms with van der Waals surface area (Å²) in [5, 5.41) is 0.852. The Hall–Kier alpha value is -2.24. The summed E-state index contributed by atoms with van der Waals surface area (Å²) in [6, 6.07) is 12.4. The molecule has 1 fully saturated rings. The number of carbonyl (C=O) groups excluding carboxylic acids is 2. The normalized spacial score (nSPS) is 14.5. The number of ether oxygens (including phenoxy) is 1. The molecule has 28 heavy (non-hydrogen) atoms. The van der Waals surface area contributed by atoms with Crippen LogP contribution in [0.4, 0.5) is 0 Å². The Labute approximate surface area is 174 Å². The SMILES string of the molecule is COc1ccc(CC(=O)N2CCCN(C(=O)c3cc(Cl)ccc3Cl)CC2)cc1. The minimum atomic E-state index is -0.156. The Morgan fingerprint density at radius 3 is 2.36 bits per heavy atom. The van der Waals surface area contributed by atoms with E-state index in [1.165, 1.54) is 0 Å². The van der Waals surface area contributed by atoms with Gasteiger partial charge < -0.3 is 14.5 Å². The van der Waals surface area contributed by atoms with Crippen LogP contribution in [0.1, 0.15) is 22.3 Å². The summed E-state index contributed by atoms with van der Waals surface area (Å²) in [6.45, 7) is 2.17. The average molecular weight is 421 g/mol. The zero-order valence-electron chi connectivity index (χ0n) is 15.7. The first kappa shape index (κ1) is 20.5. The third kappa shape index (κ3) is 4.97. The van der Waals surface area contributed by atoms with E-state index in [0.717, 1.165) is 17.7 Å². The highest BCUT2D eigenvalue weighted by molar-refractivity contribution is 6.35. The Kier molecular flexibility index (Phi) is 6.81. The maximum absolute atomic E-state index is 12.8. The lowest BCUT2D eigenvalue weighted by Gasteiger charge is -2.23. The lowest BCUT2D eigenvalue weighted by Crippen LogP contribution is -2.38. The highest BCUT2D eigenvalue weighted by Gasteiger charge is 2.24. The molecule has 2 aromatic carbocycles. The van der Waals surface area contributed by atoms with Crippen LogP contribution in [0.15, 0.2) is 42.5 Å². The molecular formula is C21H22Cl2N2O3. The van der Waals surface area contributed by atoms with Crippen molar-refractivity contribution < 1.29 is 14.3 Å². The van der Waals surface area contributed by atoms with E-state index in [1.807, 2.05) is 29.2 Å². The first-order chi connectivity index (χ1) is 13.5. The molecule has 1 aliphatic heterocycles. The number of nitrogens with zero attached hydrogens (tertiary/aromatic N) is 2. The van der Waals surface area contributed by atoms with E-state index in [9.17, 15) is 9.59 Å². The molecule has 0 spiro atoms. The molecule has 2 amide bonds. The van der Waals surface area contributed by atoms with E-state index in [0.29, 0.717) is 48.2 Å². The van der Waals surface area contributed by atoms with Gasteiger partial charge in [-0.1, -0.05) is 35.3 Å². The van der Waals surface area contributed by atoms with Crippen LogP contribution in [0.3, 0.4) is 0 Å². The van der Waals surface area contributed by atoms with Gasteiger partial charge in [-0.15, -0.1) is 0 Å². The maximum atomic E-state index is 12.8. The molecular weight excluding hydrogens is 399 g/mol. The van der Waals surface area contributed by atoms with E-state index >= 15 is 0 Å². The fourth-order valence-corrected chi connectivity index (χ4v) is 3.60. The van der Waals surface area contributed by atoms with E-state index in [-0.39, 0.29) is 11.8 Å². The zero-order valence-corrected chi connectivity index (χ0v) is 17.2. The molecule has 0 unspecified atom stereocenters. The van der Waals surface area contributed by atoms with Gasteiger partial charge in [-0.3, -0.25) is 9.59 Å². The molecule has 148 valence electrons. The van der Waals surface area contributed by atoms with Crippen molar-refractivity contribution >= 4 is 35.0 Å². The summed E-state index contributed by atoms with van der Waals surface area (Å²) in [6.07, 6.45) is 1.05. The zero-order chi connectivity index (χ0) is 20.1. The minimum absolute atomic E-state index is 0.0558. The molecule has 1 saturated heterocycles. The van der Waals surface area contributed by atoms with Crippen LogP contribution in [0.25, 0.3) is 0 Å². The number of hydrogen-bond acceptors (Lipinski definition) is 3. The van der Waals surface area contributed by atoms with Gasteiger partial charge in [-0.05, 0) is 42.3 Å². The smallest absolute Gasteiger partial charge is 0.255 e. The van der Waals surface area contributed by atoms with Crippen molar-refractivity contribution in [3.8, 4) is 5.75 Å². The van der Waals surface area contributed by atoms with E-state index in [1.54, 1.807) is 30.2 Å². The van der Waals surface area contributed by atoms with E-state index in [2.05, 4.69) is 0 Å². The van der Waals surface area contributed by atoms with Gasteiger partial charge in [0.15, 0.2) is 0 Å². The Bertz CT molecular complexity index is 855. The summed E-state index contributed by atoms with van der Waals surface area (Å²) < 4.78 is 5.14. The standard InChI is InChI=1S/C21H22Cl2N2O3/c1-28-17-6-3-15(4-7-17)13-20(26)24-9-2-10-25(12-11-24)21(27)18-14-16(22)5-8-19(18)23/h3-8,14H,2,9-13H2,1H3. The number of rotatable bonds is 4. The highest BCUT2D eigenvalue weighted by atomic mass is 35.5. The second-order valence-corrected chi connectivity index (χ2v) is 7.52. The van der Waals surface area contributed by atoms with Crippen molar-refractivity contribution in [2.75, 3.05) is 33.3 Å². The van der Waals surface area contributed by atoms with Crippen molar-refractivity contribution in [3.05, 3.63) is 63.6 Å². The first-order valence-electron chi connectivity index (χ1n) is 9.13. The molecule has 0 atom stereocenters. The Morgan fingerprint density at radius 2 is 1.64 bits per heavy atom. The predicted octanol–water partition coefficient (Wildman–Crippen LogP) is 3.92. The maximum Gasteiger partial charge on any atom is 0.255 e. The number of carbonyl (C=O) groups is 2. The molecule has 0 aromatic heterocycles. The summed E-state index contributed by atoms with van der Waals surface area (Å²) in [7, 11) is 1.61. The molecule has 0 aliphatic carbocycles. The second kappa shape index (κ2) is 9.30. The van der Waals surface area contributed by atoms with Gasteiger partial charge in [0, 0.05) is 31.2 Å². The minimum Gasteiger partial charge on any atom is -0.497 e. The lowest BCUT2D eigenvalue weighted by atomic mass is 10.1. The van der Waals surface area contributed by atoms with Crippen molar-refractivity contribution in [2.45, 2.75) is 12.8 Å². The monoisotopic (exact) mass is 420 g/mol. The quantitative estimate of drug-likeness (QED) is 0.752. The van der Waals surface area contributed by atoms with Gasteiger partial charge >= 0.3 is 0 Å². The fourth-order valence-electron chi connectivity index (χ4n) is 3.23. The third-order valence-electron chi connectivity index (χ3n) is 4.81. The molecule has 0 bridgehead atoms. The predicted molar refractivity (Wildman–Crippen MR) is 110 cm³/mol. The molecule has 7 heteroatoms. The van der Waals surface area contributed by atoms with Gasteiger partial charge in [0.05, 0.1) is 24.1 Å². The summed E-state index contributed by atoms with van der Waals surface area (Å²) >= 11 is 12.2. The van der Waals surface area contributed by atoms with Crippen molar-refractivity contribution in [1.29, 1.82) is 0 Å². The first-order valence-corrected chi connectivity index (χ1v) is 9.88. The molecule has 1 heterocycles. The number of hydrogen-bond donors (Lipinski definition) is 0. The molecule has 0 radical (unpaired) electrons. The average Bonchev–Trinajstić information content (AvgIpc) is 2.96. The van der Waals surface area contributed by atoms with Crippen LogP contribution in [-0.2, 0) is 11.2 Å². The number of methoxy groups -OCH3 is 1. The van der Waals surface area contributed by atoms with Gasteiger partial charge in [0.2, 0.25) is 5.91 Å². The third-order valence-corrected chi connectivity index (χ3v) is 5.37. The van der Waals surface area contributed by atoms with Gasteiger partial charge in [-0.2, -0.15) is 0 Å². The largest absolute Gasteiger partial charge is 0.497 e. The highest BCUT2D eigenvalue weighted by Crippen LogP contribution is 2.23. The number of halogens is 2. The van der Waals surface area contributed by atoms with Crippen molar-refractivity contribution in [1.82, 2.24) is 9.80 Å². The molecule has 1 aliphatic rings. The Balaban J connectivity index is 1.61. The number of benzene rings is 2. The van der Waals surface area contributed by atoms with Gasteiger partial charge in [0.25, 0.3) is 5.91 Å². The van der Waals surface area contributed by atoms with E-state index < -0.39 is 0 Å². The van der Waals surface area contributed by atoms with Gasteiger partial charge in [-0.25, -0.2) is 0 Å². The number of amides is 2. The molecule has 2 aromatic rings. The van der Waals surface area contributed by atoms with Crippen molar-refractivity contribution in [2.24, 2.45) is 0 Å². The fraction of sp³-hybridized carbons (Fsp3) is 0.333.